The van der Waals surface area contributed by atoms with Crippen LogP contribution in [0.1, 0.15) is 29.6 Å². The van der Waals surface area contributed by atoms with Gasteiger partial charge in [0.05, 0.1) is 0 Å². The topological polar surface area (TPSA) is 37.3 Å². The summed E-state index contributed by atoms with van der Waals surface area (Å²) in [5.41, 5.74) is 1.78. The molecule has 3 rings (SSSR count). The molecule has 1 aliphatic heterocycles. The van der Waals surface area contributed by atoms with Crippen molar-refractivity contribution in [1.82, 2.24) is 14.8 Å². The van der Waals surface area contributed by atoms with Crippen molar-refractivity contribution in [2.45, 2.75) is 19.3 Å². The molecule has 0 radical (unpaired) electrons. The molecule has 116 valence electrons. The summed E-state index contributed by atoms with van der Waals surface area (Å²) in [6, 6.07) is 11.7. The number of hydrogen-bond acceptors (Lipinski definition) is 2. The second-order valence-electron chi connectivity index (χ2n) is 5.80. The van der Waals surface area contributed by atoms with Crippen LogP contribution in [0.25, 0.3) is 5.69 Å². The maximum Gasteiger partial charge on any atom is 0.251 e. The summed E-state index contributed by atoms with van der Waals surface area (Å²) in [6.45, 7) is 4.01. The molecule has 4 nitrogen and oxygen atoms in total. The first-order chi connectivity index (χ1) is 10.8. The Morgan fingerprint density at radius 1 is 1.00 bits per heavy atom. The van der Waals surface area contributed by atoms with Gasteiger partial charge in [-0.1, -0.05) is 6.42 Å². The van der Waals surface area contributed by atoms with Crippen LogP contribution in [-0.4, -0.2) is 41.6 Å². The molecule has 0 bridgehead atoms. The van der Waals surface area contributed by atoms with Crippen molar-refractivity contribution in [3.8, 4) is 5.69 Å². The van der Waals surface area contributed by atoms with Gasteiger partial charge in [-0.05, 0) is 62.3 Å². The highest BCUT2D eigenvalue weighted by molar-refractivity contribution is 5.94. The third-order valence-electron chi connectivity index (χ3n) is 4.19. The third-order valence-corrected chi connectivity index (χ3v) is 4.19. The van der Waals surface area contributed by atoms with Crippen molar-refractivity contribution >= 4 is 5.91 Å². The van der Waals surface area contributed by atoms with Crippen LogP contribution in [0.3, 0.4) is 0 Å². The number of benzene rings is 1. The highest BCUT2D eigenvalue weighted by Crippen LogP contribution is 2.10. The van der Waals surface area contributed by atoms with Crippen LogP contribution in [0.5, 0.6) is 0 Å². The molecule has 0 unspecified atom stereocenters. The average Bonchev–Trinajstić information content (AvgIpc) is 3.10. The molecule has 1 N–H and O–H groups in total. The first-order valence-corrected chi connectivity index (χ1v) is 8.07. The molecule has 0 spiro atoms. The molecule has 1 fully saturated rings. The Labute approximate surface area is 131 Å². The largest absolute Gasteiger partial charge is 0.351 e. The van der Waals surface area contributed by atoms with Gasteiger partial charge in [-0.15, -0.1) is 0 Å². The third kappa shape index (κ3) is 3.77. The van der Waals surface area contributed by atoms with Crippen LogP contribution in [0.15, 0.2) is 48.8 Å². The molecule has 1 aromatic carbocycles. The van der Waals surface area contributed by atoms with Crippen molar-refractivity contribution < 1.29 is 4.79 Å². The number of aromatic nitrogens is 1. The number of amides is 1. The van der Waals surface area contributed by atoms with E-state index in [1.165, 1.54) is 32.4 Å². The number of nitrogens with one attached hydrogen (secondary N) is 1. The molecule has 1 amide bonds. The highest BCUT2D eigenvalue weighted by atomic mass is 16.1. The first-order valence-electron chi connectivity index (χ1n) is 8.07. The van der Waals surface area contributed by atoms with E-state index in [-0.39, 0.29) is 5.91 Å². The quantitative estimate of drug-likeness (QED) is 0.921. The Bertz CT molecular complexity index is 583. The Hall–Kier alpha value is -2.07. The fourth-order valence-corrected chi connectivity index (χ4v) is 2.90. The van der Waals surface area contributed by atoms with Gasteiger partial charge in [0.25, 0.3) is 5.91 Å². The smallest absolute Gasteiger partial charge is 0.251 e. The van der Waals surface area contributed by atoms with Crippen molar-refractivity contribution in [2.75, 3.05) is 26.2 Å². The number of rotatable bonds is 5. The minimum absolute atomic E-state index is 0.0102. The molecule has 0 atom stereocenters. The lowest BCUT2D eigenvalue weighted by molar-refractivity contribution is 0.0946. The maximum atomic E-state index is 12.1. The van der Waals surface area contributed by atoms with E-state index in [0.29, 0.717) is 0 Å². The lowest BCUT2D eigenvalue weighted by atomic mass is 10.1. The minimum atomic E-state index is 0.0102. The van der Waals surface area contributed by atoms with E-state index in [9.17, 15) is 4.79 Å². The SMILES string of the molecule is O=C(NCCN1CCCCC1)c1ccc(-n2cccc2)cc1. The van der Waals surface area contributed by atoms with Gasteiger partial charge in [-0.2, -0.15) is 0 Å². The van der Waals surface area contributed by atoms with E-state index < -0.39 is 0 Å². The molecule has 2 aromatic rings. The number of likely N-dealkylation sites (tertiary alicyclic amines) is 1. The lowest BCUT2D eigenvalue weighted by Crippen LogP contribution is -2.37. The number of hydrogen-bond donors (Lipinski definition) is 1. The zero-order chi connectivity index (χ0) is 15.2. The predicted octanol–water partition coefficient (Wildman–Crippen LogP) is 2.69. The number of carbonyl (C=O) groups excluding carboxylic acids is 1. The van der Waals surface area contributed by atoms with Gasteiger partial charge in [0, 0.05) is 36.7 Å². The molecule has 1 aromatic heterocycles. The molecular formula is C18H23N3O. The van der Waals surface area contributed by atoms with Gasteiger partial charge in [0.15, 0.2) is 0 Å². The fourth-order valence-electron chi connectivity index (χ4n) is 2.90. The second-order valence-corrected chi connectivity index (χ2v) is 5.80. The zero-order valence-corrected chi connectivity index (χ0v) is 12.9. The Balaban J connectivity index is 1.49. The highest BCUT2D eigenvalue weighted by Gasteiger charge is 2.10. The van der Waals surface area contributed by atoms with Crippen LogP contribution in [0, 0.1) is 0 Å². The Morgan fingerprint density at radius 3 is 2.36 bits per heavy atom. The summed E-state index contributed by atoms with van der Waals surface area (Å²) in [5, 5.41) is 3.01. The van der Waals surface area contributed by atoms with Crippen molar-refractivity contribution in [3.05, 3.63) is 54.4 Å². The van der Waals surface area contributed by atoms with Crippen molar-refractivity contribution in [2.24, 2.45) is 0 Å². The number of piperidine rings is 1. The molecule has 2 heterocycles. The van der Waals surface area contributed by atoms with Crippen LogP contribution in [0.4, 0.5) is 0 Å². The van der Waals surface area contributed by atoms with E-state index in [0.717, 1.165) is 24.3 Å². The van der Waals surface area contributed by atoms with Crippen molar-refractivity contribution in [1.29, 1.82) is 0 Å². The van der Waals surface area contributed by atoms with E-state index >= 15 is 0 Å². The molecule has 22 heavy (non-hydrogen) atoms. The van der Waals surface area contributed by atoms with Gasteiger partial charge in [0.2, 0.25) is 0 Å². The van der Waals surface area contributed by atoms with Crippen molar-refractivity contribution in [3.63, 3.8) is 0 Å². The molecule has 4 heteroatoms. The maximum absolute atomic E-state index is 12.1. The predicted molar refractivity (Wildman–Crippen MR) is 88.4 cm³/mol. The number of nitrogens with zero attached hydrogens (tertiary/aromatic N) is 2. The summed E-state index contributed by atoms with van der Waals surface area (Å²) in [5.74, 6) is 0.0102. The van der Waals surface area contributed by atoms with Crippen LogP contribution < -0.4 is 5.32 Å². The lowest BCUT2D eigenvalue weighted by Gasteiger charge is -2.26. The second kappa shape index (κ2) is 7.27. The average molecular weight is 297 g/mol. The Kier molecular flexibility index (Phi) is 4.91. The first kappa shape index (κ1) is 14.9. The molecular weight excluding hydrogens is 274 g/mol. The van der Waals surface area contributed by atoms with Crippen LogP contribution in [-0.2, 0) is 0 Å². The van der Waals surface area contributed by atoms with E-state index in [4.69, 9.17) is 0 Å². The zero-order valence-electron chi connectivity index (χ0n) is 12.9. The minimum Gasteiger partial charge on any atom is -0.351 e. The molecule has 0 aliphatic carbocycles. The summed E-state index contributed by atoms with van der Waals surface area (Å²) in [6.07, 6.45) is 7.90. The van der Waals surface area contributed by atoms with Gasteiger partial charge in [-0.3, -0.25) is 4.79 Å². The molecule has 1 saturated heterocycles. The number of carbonyl (C=O) groups is 1. The molecule has 0 saturated carbocycles. The van der Waals surface area contributed by atoms with Crippen LogP contribution in [0.2, 0.25) is 0 Å². The standard InChI is InChI=1S/C18H23N3O/c22-18(19-10-15-20-11-2-1-3-12-20)16-6-8-17(9-7-16)21-13-4-5-14-21/h4-9,13-14H,1-3,10-12,15H2,(H,19,22). The summed E-state index contributed by atoms with van der Waals surface area (Å²) in [7, 11) is 0. The van der Waals surface area contributed by atoms with Gasteiger partial charge < -0.3 is 14.8 Å². The monoisotopic (exact) mass is 297 g/mol. The van der Waals surface area contributed by atoms with E-state index in [1.807, 2.05) is 53.4 Å². The summed E-state index contributed by atoms with van der Waals surface area (Å²) >= 11 is 0. The van der Waals surface area contributed by atoms with Gasteiger partial charge >= 0.3 is 0 Å². The summed E-state index contributed by atoms with van der Waals surface area (Å²) < 4.78 is 2.03. The van der Waals surface area contributed by atoms with Gasteiger partial charge in [0.1, 0.15) is 0 Å². The molecule has 1 aliphatic rings. The fraction of sp³-hybridized carbons (Fsp3) is 0.389. The van der Waals surface area contributed by atoms with E-state index in [1.54, 1.807) is 0 Å². The Morgan fingerprint density at radius 2 is 1.68 bits per heavy atom. The van der Waals surface area contributed by atoms with Crippen LogP contribution >= 0.6 is 0 Å². The van der Waals surface area contributed by atoms with Gasteiger partial charge in [-0.25, -0.2) is 0 Å². The summed E-state index contributed by atoms with van der Waals surface area (Å²) in [4.78, 5) is 14.6. The van der Waals surface area contributed by atoms with E-state index in [2.05, 4.69) is 10.2 Å². The normalized spacial score (nSPS) is 15.6.